The Labute approximate surface area is 209 Å². The maximum atomic E-state index is 13.4. The first-order valence-corrected chi connectivity index (χ1v) is 11.6. The van der Waals surface area contributed by atoms with Gasteiger partial charge in [-0.05, 0) is 35.4 Å². The maximum absolute atomic E-state index is 13.4. The van der Waals surface area contributed by atoms with E-state index in [9.17, 15) is 9.90 Å². The molecule has 2 heterocycles. The van der Waals surface area contributed by atoms with Gasteiger partial charge in [-0.2, -0.15) is 5.10 Å². The molecular formula is C28H27N3O5. The van der Waals surface area contributed by atoms with Crippen molar-refractivity contribution in [1.82, 2.24) is 15.1 Å². The number of carbonyl (C=O) groups is 1. The normalized spacial score (nSPS) is 14.7. The number of amides is 1. The molecule has 3 aromatic carbocycles. The molecule has 1 aromatic heterocycles. The van der Waals surface area contributed by atoms with Gasteiger partial charge in [0.05, 0.1) is 19.8 Å². The minimum absolute atomic E-state index is 0.0931. The number of phenolic OH excluding ortho intramolecular Hbond substituents is 1. The van der Waals surface area contributed by atoms with Gasteiger partial charge in [0.2, 0.25) is 0 Å². The van der Waals surface area contributed by atoms with Crippen LogP contribution in [-0.4, -0.2) is 53.5 Å². The molecule has 0 fully saturated rings. The fourth-order valence-electron chi connectivity index (χ4n) is 4.55. The van der Waals surface area contributed by atoms with Crippen LogP contribution in [0.25, 0.3) is 11.3 Å². The van der Waals surface area contributed by atoms with E-state index in [0.29, 0.717) is 53.8 Å². The van der Waals surface area contributed by atoms with E-state index >= 15 is 0 Å². The molecule has 0 saturated carbocycles. The van der Waals surface area contributed by atoms with Crippen LogP contribution in [0.2, 0.25) is 0 Å². The van der Waals surface area contributed by atoms with E-state index in [2.05, 4.69) is 10.2 Å². The molecule has 0 spiro atoms. The molecule has 1 aliphatic heterocycles. The highest BCUT2D eigenvalue weighted by molar-refractivity contribution is 6.00. The Morgan fingerprint density at radius 1 is 1.00 bits per heavy atom. The number of fused-ring (bicyclic) bond motifs is 1. The minimum atomic E-state index is -0.451. The second kappa shape index (κ2) is 10.1. The van der Waals surface area contributed by atoms with Crippen LogP contribution in [0.1, 0.15) is 33.2 Å². The number of hydrogen-bond acceptors (Lipinski definition) is 6. The number of carbonyl (C=O) groups excluding carboxylic acids is 1. The van der Waals surface area contributed by atoms with Crippen LogP contribution in [0, 0.1) is 0 Å². The Hall–Kier alpha value is -4.30. The molecule has 1 atom stereocenters. The number of para-hydroxylation sites is 1. The SMILES string of the molecule is COCCN1C(=O)c2[nH]nc(-c3ccccc3O)c2C1c1ccc(OCc2ccccc2)c(OC)c1. The molecule has 184 valence electrons. The highest BCUT2D eigenvalue weighted by Gasteiger charge is 2.42. The van der Waals surface area contributed by atoms with E-state index in [0.717, 1.165) is 11.1 Å². The molecule has 1 unspecified atom stereocenters. The summed E-state index contributed by atoms with van der Waals surface area (Å²) < 4.78 is 17.0. The fourth-order valence-corrected chi connectivity index (χ4v) is 4.55. The molecule has 0 bridgehead atoms. The number of rotatable bonds is 9. The smallest absolute Gasteiger partial charge is 0.273 e. The van der Waals surface area contributed by atoms with E-state index in [4.69, 9.17) is 14.2 Å². The Bertz CT molecular complexity index is 1370. The Kier molecular flexibility index (Phi) is 6.60. The standard InChI is InChI=1S/C28H27N3O5/c1-34-15-14-31-27(24-25(29-30-26(24)28(31)33)20-10-6-7-11-21(20)32)19-12-13-22(23(16-19)35-2)36-17-18-8-4-3-5-9-18/h3-13,16,27,32H,14-15,17H2,1-2H3,(H,29,30). The third-order valence-electron chi connectivity index (χ3n) is 6.30. The summed E-state index contributed by atoms with van der Waals surface area (Å²) in [5, 5.41) is 17.8. The summed E-state index contributed by atoms with van der Waals surface area (Å²) in [5.74, 6) is 1.08. The maximum Gasteiger partial charge on any atom is 0.273 e. The lowest BCUT2D eigenvalue weighted by Crippen LogP contribution is -2.32. The van der Waals surface area contributed by atoms with Crippen LogP contribution in [0.4, 0.5) is 0 Å². The molecule has 0 radical (unpaired) electrons. The summed E-state index contributed by atoms with van der Waals surface area (Å²) in [6.07, 6.45) is 0. The van der Waals surface area contributed by atoms with Gasteiger partial charge in [-0.3, -0.25) is 9.89 Å². The van der Waals surface area contributed by atoms with Crippen molar-refractivity contribution < 1.29 is 24.1 Å². The van der Waals surface area contributed by atoms with E-state index in [1.165, 1.54) is 0 Å². The van der Waals surface area contributed by atoms with Gasteiger partial charge < -0.3 is 24.2 Å². The van der Waals surface area contributed by atoms with Gasteiger partial charge in [-0.25, -0.2) is 0 Å². The minimum Gasteiger partial charge on any atom is -0.507 e. The van der Waals surface area contributed by atoms with E-state index < -0.39 is 6.04 Å². The Morgan fingerprint density at radius 2 is 1.78 bits per heavy atom. The molecule has 8 nitrogen and oxygen atoms in total. The summed E-state index contributed by atoms with van der Waals surface area (Å²) in [7, 11) is 3.19. The van der Waals surface area contributed by atoms with Crippen LogP contribution >= 0.6 is 0 Å². The van der Waals surface area contributed by atoms with Crippen molar-refractivity contribution in [3.63, 3.8) is 0 Å². The monoisotopic (exact) mass is 485 g/mol. The molecule has 8 heteroatoms. The number of methoxy groups -OCH3 is 2. The Morgan fingerprint density at radius 3 is 2.53 bits per heavy atom. The topological polar surface area (TPSA) is 96.9 Å². The average Bonchev–Trinajstić information content (AvgIpc) is 3.45. The molecule has 1 aliphatic rings. The molecule has 1 amide bonds. The van der Waals surface area contributed by atoms with Crippen LogP contribution in [0.5, 0.6) is 17.2 Å². The highest BCUT2D eigenvalue weighted by Crippen LogP contribution is 2.45. The van der Waals surface area contributed by atoms with Crippen LogP contribution < -0.4 is 9.47 Å². The number of phenols is 1. The summed E-state index contributed by atoms with van der Waals surface area (Å²) in [4.78, 5) is 15.1. The number of nitrogens with one attached hydrogen (secondary N) is 1. The van der Waals surface area contributed by atoms with Crippen LogP contribution in [-0.2, 0) is 11.3 Å². The summed E-state index contributed by atoms with van der Waals surface area (Å²) in [6.45, 7) is 1.17. The van der Waals surface area contributed by atoms with Gasteiger partial charge in [-0.1, -0.05) is 48.5 Å². The third kappa shape index (κ3) is 4.27. The highest BCUT2D eigenvalue weighted by atomic mass is 16.5. The number of benzene rings is 3. The van der Waals surface area contributed by atoms with Crippen molar-refractivity contribution in [2.75, 3.05) is 27.4 Å². The first kappa shape index (κ1) is 23.4. The number of nitrogens with zero attached hydrogens (tertiary/aromatic N) is 2. The quantitative estimate of drug-likeness (QED) is 0.361. The first-order valence-electron chi connectivity index (χ1n) is 11.6. The second-order valence-electron chi connectivity index (χ2n) is 8.46. The van der Waals surface area contributed by atoms with Crippen molar-refractivity contribution in [2.24, 2.45) is 0 Å². The number of aromatic hydroxyl groups is 1. The molecule has 0 aliphatic carbocycles. The molecule has 36 heavy (non-hydrogen) atoms. The Balaban J connectivity index is 1.55. The van der Waals surface area contributed by atoms with E-state index in [1.54, 1.807) is 37.3 Å². The van der Waals surface area contributed by atoms with Crippen LogP contribution in [0.15, 0.2) is 72.8 Å². The summed E-state index contributed by atoms with van der Waals surface area (Å²) in [5.41, 5.74) is 4.07. The van der Waals surface area contributed by atoms with Gasteiger partial charge in [0.25, 0.3) is 5.91 Å². The second-order valence-corrected chi connectivity index (χ2v) is 8.46. The zero-order chi connectivity index (χ0) is 25.1. The lowest BCUT2D eigenvalue weighted by molar-refractivity contribution is 0.0677. The number of hydrogen-bond donors (Lipinski definition) is 2. The van der Waals surface area contributed by atoms with Crippen molar-refractivity contribution in [1.29, 1.82) is 0 Å². The van der Waals surface area contributed by atoms with Gasteiger partial charge in [-0.15, -0.1) is 0 Å². The van der Waals surface area contributed by atoms with Gasteiger partial charge >= 0.3 is 0 Å². The molecule has 2 N–H and O–H groups in total. The number of aromatic amines is 1. The van der Waals surface area contributed by atoms with Crippen molar-refractivity contribution in [3.05, 3.63) is 95.2 Å². The third-order valence-corrected chi connectivity index (χ3v) is 6.30. The number of H-pyrrole nitrogens is 1. The molecule has 4 aromatic rings. The lowest BCUT2D eigenvalue weighted by Gasteiger charge is -2.26. The van der Waals surface area contributed by atoms with Crippen molar-refractivity contribution in [3.8, 4) is 28.5 Å². The predicted molar refractivity (Wildman–Crippen MR) is 134 cm³/mol. The number of ether oxygens (including phenoxy) is 3. The average molecular weight is 486 g/mol. The van der Waals surface area contributed by atoms with Gasteiger partial charge in [0.15, 0.2) is 11.5 Å². The molecule has 5 rings (SSSR count). The van der Waals surface area contributed by atoms with Crippen molar-refractivity contribution >= 4 is 5.91 Å². The molecular weight excluding hydrogens is 458 g/mol. The van der Waals surface area contributed by atoms with E-state index in [1.807, 2.05) is 54.6 Å². The zero-order valence-electron chi connectivity index (χ0n) is 20.1. The van der Waals surface area contributed by atoms with E-state index in [-0.39, 0.29) is 11.7 Å². The number of aromatic nitrogens is 2. The van der Waals surface area contributed by atoms with Gasteiger partial charge in [0.1, 0.15) is 23.7 Å². The molecule has 0 saturated heterocycles. The summed E-state index contributed by atoms with van der Waals surface area (Å²) in [6, 6.07) is 22.1. The van der Waals surface area contributed by atoms with Crippen molar-refractivity contribution in [2.45, 2.75) is 12.6 Å². The summed E-state index contributed by atoms with van der Waals surface area (Å²) >= 11 is 0. The lowest BCUT2D eigenvalue weighted by atomic mass is 9.95. The van der Waals surface area contributed by atoms with Gasteiger partial charge in [0, 0.05) is 24.8 Å². The zero-order valence-corrected chi connectivity index (χ0v) is 20.1. The predicted octanol–water partition coefficient (Wildman–Crippen LogP) is 4.56. The van der Waals surface area contributed by atoms with Crippen LogP contribution in [0.3, 0.4) is 0 Å². The fraction of sp³-hybridized carbons (Fsp3) is 0.214. The first-order chi connectivity index (χ1) is 17.6. The largest absolute Gasteiger partial charge is 0.507 e.